The van der Waals surface area contributed by atoms with E-state index >= 15 is 0 Å². The Balaban J connectivity index is 2.03. The first-order valence-electron chi connectivity index (χ1n) is 5.70. The number of anilines is 1. The first kappa shape index (κ1) is 13.3. The standard InChI is InChI=1S/C11H15BrN4O2/c1-14-4-6-15(7-5-14)13-11-3-2-9(16(17)18)8-10(11)12/h2-3,8,13H,4-7H2,1H3. The molecule has 2 rings (SSSR count). The minimum absolute atomic E-state index is 0.0887. The van der Waals surface area contributed by atoms with Gasteiger partial charge < -0.3 is 10.3 Å². The third-order valence-corrected chi connectivity index (χ3v) is 3.60. The van der Waals surface area contributed by atoms with Crippen molar-refractivity contribution in [2.24, 2.45) is 0 Å². The zero-order valence-corrected chi connectivity index (χ0v) is 11.7. The molecule has 98 valence electrons. The zero-order valence-electron chi connectivity index (χ0n) is 10.1. The molecule has 0 bridgehead atoms. The van der Waals surface area contributed by atoms with Crippen LogP contribution in [0.2, 0.25) is 0 Å². The predicted molar refractivity (Wildman–Crippen MR) is 73.5 cm³/mol. The second kappa shape index (κ2) is 5.64. The molecule has 6 nitrogen and oxygen atoms in total. The minimum Gasteiger partial charge on any atom is -0.318 e. The van der Waals surface area contributed by atoms with Crippen molar-refractivity contribution in [3.63, 3.8) is 0 Å². The van der Waals surface area contributed by atoms with Crippen LogP contribution in [0.5, 0.6) is 0 Å². The number of hydrogen-bond donors (Lipinski definition) is 1. The van der Waals surface area contributed by atoms with Gasteiger partial charge in [-0.1, -0.05) is 0 Å². The maximum atomic E-state index is 10.6. The third kappa shape index (κ3) is 3.18. The van der Waals surface area contributed by atoms with Crippen LogP contribution in [-0.2, 0) is 0 Å². The lowest BCUT2D eigenvalue weighted by atomic mass is 10.3. The summed E-state index contributed by atoms with van der Waals surface area (Å²) in [5, 5.41) is 12.8. The molecule has 18 heavy (non-hydrogen) atoms. The summed E-state index contributed by atoms with van der Waals surface area (Å²) in [6.45, 7) is 3.88. The molecule has 1 saturated heterocycles. The van der Waals surface area contributed by atoms with Crippen LogP contribution in [0.1, 0.15) is 0 Å². The van der Waals surface area contributed by atoms with Gasteiger partial charge in [-0.15, -0.1) is 0 Å². The Morgan fingerprint density at radius 2 is 2.00 bits per heavy atom. The first-order chi connectivity index (χ1) is 8.56. The third-order valence-electron chi connectivity index (χ3n) is 2.95. The lowest BCUT2D eigenvalue weighted by Gasteiger charge is -2.33. The van der Waals surface area contributed by atoms with Crippen LogP contribution < -0.4 is 5.43 Å². The number of hydrazine groups is 1. The van der Waals surface area contributed by atoms with Crippen molar-refractivity contribution in [2.45, 2.75) is 0 Å². The fourth-order valence-electron chi connectivity index (χ4n) is 1.80. The van der Waals surface area contributed by atoms with E-state index in [-0.39, 0.29) is 5.69 Å². The number of nitro benzene ring substituents is 1. The summed E-state index contributed by atoms with van der Waals surface area (Å²) < 4.78 is 0.704. The van der Waals surface area contributed by atoms with E-state index < -0.39 is 4.92 Å². The van der Waals surface area contributed by atoms with Crippen molar-refractivity contribution in [3.8, 4) is 0 Å². The maximum absolute atomic E-state index is 10.6. The monoisotopic (exact) mass is 314 g/mol. The smallest absolute Gasteiger partial charge is 0.270 e. The van der Waals surface area contributed by atoms with Gasteiger partial charge in [-0.05, 0) is 29.0 Å². The largest absolute Gasteiger partial charge is 0.318 e. The number of piperazine rings is 1. The van der Waals surface area contributed by atoms with Crippen LogP contribution in [0.25, 0.3) is 0 Å². The summed E-state index contributed by atoms with van der Waals surface area (Å²) in [5.41, 5.74) is 4.21. The molecule has 1 fully saturated rings. The molecule has 1 aromatic carbocycles. The molecule has 0 atom stereocenters. The molecule has 7 heteroatoms. The van der Waals surface area contributed by atoms with E-state index in [4.69, 9.17) is 0 Å². The molecule has 0 saturated carbocycles. The molecule has 0 radical (unpaired) electrons. The van der Waals surface area contributed by atoms with Crippen molar-refractivity contribution in [1.82, 2.24) is 9.91 Å². The number of hydrogen-bond acceptors (Lipinski definition) is 5. The maximum Gasteiger partial charge on any atom is 0.270 e. The molecule has 1 heterocycles. The van der Waals surface area contributed by atoms with Crippen LogP contribution in [0.4, 0.5) is 11.4 Å². The Hall–Kier alpha value is -1.18. The van der Waals surface area contributed by atoms with Gasteiger partial charge in [0.15, 0.2) is 0 Å². The summed E-state index contributed by atoms with van der Waals surface area (Å²) in [4.78, 5) is 12.5. The Morgan fingerprint density at radius 1 is 1.33 bits per heavy atom. The van der Waals surface area contributed by atoms with E-state index in [1.54, 1.807) is 6.07 Å². The molecular weight excluding hydrogens is 300 g/mol. The van der Waals surface area contributed by atoms with E-state index in [9.17, 15) is 10.1 Å². The van der Waals surface area contributed by atoms with Gasteiger partial charge in [0.1, 0.15) is 0 Å². The fourth-order valence-corrected chi connectivity index (χ4v) is 2.25. The molecule has 1 aliphatic heterocycles. The number of halogens is 1. The number of nitro groups is 1. The Morgan fingerprint density at radius 3 is 2.56 bits per heavy atom. The average Bonchev–Trinajstić information content (AvgIpc) is 2.34. The SMILES string of the molecule is CN1CCN(Nc2ccc([N+](=O)[O-])cc2Br)CC1. The van der Waals surface area contributed by atoms with E-state index in [1.807, 2.05) is 0 Å². The zero-order chi connectivity index (χ0) is 13.1. The van der Waals surface area contributed by atoms with Gasteiger partial charge in [-0.3, -0.25) is 10.1 Å². The van der Waals surface area contributed by atoms with Gasteiger partial charge in [-0.2, -0.15) is 0 Å². The Bertz CT molecular complexity index is 447. The van der Waals surface area contributed by atoms with Crippen LogP contribution in [0.15, 0.2) is 22.7 Å². The fraction of sp³-hybridized carbons (Fsp3) is 0.455. The molecule has 0 unspecified atom stereocenters. The van der Waals surface area contributed by atoms with Gasteiger partial charge in [-0.25, -0.2) is 5.01 Å². The highest BCUT2D eigenvalue weighted by atomic mass is 79.9. The molecule has 1 N–H and O–H groups in total. The Labute approximate surface area is 114 Å². The highest BCUT2D eigenvalue weighted by Crippen LogP contribution is 2.27. The van der Waals surface area contributed by atoms with E-state index in [1.165, 1.54) is 12.1 Å². The summed E-state index contributed by atoms with van der Waals surface area (Å²) in [5.74, 6) is 0. The van der Waals surface area contributed by atoms with Gasteiger partial charge >= 0.3 is 0 Å². The van der Waals surface area contributed by atoms with Crippen LogP contribution >= 0.6 is 15.9 Å². The van der Waals surface area contributed by atoms with Gasteiger partial charge in [0, 0.05) is 42.8 Å². The van der Waals surface area contributed by atoms with Crippen LogP contribution in [-0.4, -0.2) is 48.1 Å². The van der Waals surface area contributed by atoms with Crippen molar-refractivity contribution in [2.75, 3.05) is 38.7 Å². The number of rotatable bonds is 3. The molecule has 0 aromatic heterocycles. The second-order valence-electron chi connectivity index (χ2n) is 4.32. The minimum atomic E-state index is -0.398. The van der Waals surface area contributed by atoms with Crippen LogP contribution in [0, 0.1) is 10.1 Å². The number of non-ortho nitro benzene ring substituents is 1. The molecule has 0 amide bonds. The van der Waals surface area contributed by atoms with Crippen LogP contribution in [0.3, 0.4) is 0 Å². The second-order valence-corrected chi connectivity index (χ2v) is 5.18. The van der Waals surface area contributed by atoms with Gasteiger partial charge in [0.05, 0.1) is 10.6 Å². The van der Waals surface area contributed by atoms with Crippen molar-refractivity contribution in [3.05, 3.63) is 32.8 Å². The number of nitrogens with zero attached hydrogens (tertiary/aromatic N) is 3. The number of likely N-dealkylation sites (N-methyl/N-ethyl adjacent to an activating group) is 1. The number of benzene rings is 1. The van der Waals surface area contributed by atoms with Crippen molar-refractivity contribution < 1.29 is 4.92 Å². The first-order valence-corrected chi connectivity index (χ1v) is 6.49. The highest BCUT2D eigenvalue weighted by Gasteiger charge is 2.15. The topological polar surface area (TPSA) is 61.6 Å². The van der Waals surface area contributed by atoms with Crippen molar-refractivity contribution in [1.29, 1.82) is 0 Å². The van der Waals surface area contributed by atoms with E-state index in [0.717, 1.165) is 31.9 Å². The number of nitrogens with one attached hydrogen (secondary N) is 1. The summed E-state index contributed by atoms with van der Waals surface area (Å²) in [7, 11) is 2.10. The highest BCUT2D eigenvalue weighted by molar-refractivity contribution is 9.10. The van der Waals surface area contributed by atoms with Crippen molar-refractivity contribution >= 4 is 27.3 Å². The predicted octanol–water partition coefficient (Wildman–Crippen LogP) is 1.93. The van der Waals surface area contributed by atoms with E-state index in [0.29, 0.717) is 4.47 Å². The average molecular weight is 315 g/mol. The molecular formula is C11H15BrN4O2. The Kier molecular flexibility index (Phi) is 4.15. The molecule has 1 aromatic rings. The summed E-state index contributed by atoms with van der Waals surface area (Å²) >= 11 is 3.35. The lowest BCUT2D eigenvalue weighted by molar-refractivity contribution is -0.384. The van der Waals surface area contributed by atoms with Gasteiger partial charge in [0.2, 0.25) is 0 Å². The summed E-state index contributed by atoms with van der Waals surface area (Å²) in [6, 6.07) is 4.74. The summed E-state index contributed by atoms with van der Waals surface area (Å²) in [6.07, 6.45) is 0. The lowest BCUT2D eigenvalue weighted by Crippen LogP contribution is -2.46. The normalized spacial score (nSPS) is 17.7. The molecule has 0 spiro atoms. The quantitative estimate of drug-likeness (QED) is 0.682. The molecule has 1 aliphatic rings. The molecule has 0 aliphatic carbocycles. The van der Waals surface area contributed by atoms with E-state index in [2.05, 4.69) is 38.3 Å². The van der Waals surface area contributed by atoms with Gasteiger partial charge in [0.25, 0.3) is 5.69 Å².